The van der Waals surface area contributed by atoms with Gasteiger partial charge in [-0.2, -0.15) is 0 Å². The van der Waals surface area contributed by atoms with E-state index in [0.717, 1.165) is 13.1 Å². The Morgan fingerprint density at radius 3 is 2.72 bits per heavy atom. The average Bonchev–Trinajstić information content (AvgIpc) is 2.90. The Morgan fingerprint density at radius 2 is 2.06 bits per heavy atom. The first kappa shape index (κ1) is 12.9. The van der Waals surface area contributed by atoms with E-state index in [1.54, 1.807) is 18.2 Å². The predicted octanol–water partition coefficient (Wildman–Crippen LogP) is 1.61. The first-order valence-corrected chi connectivity index (χ1v) is 6.48. The molecular formula is C14H20N2O2. The van der Waals surface area contributed by atoms with Gasteiger partial charge in [-0.1, -0.05) is 12.1 Å². The predicted molar refractivity (Wildman–Crippen MR) is 70.7 cm³/mol. The lowest BCUT2D eigenvalue weighted by Crippen LogP contribution is -2.40. The SMILES string of the molecule is CC(CNC(=O)c1ccccc1O)N1CCCC1. The molecule has 0 aliphatic carbocycles. The molecule has 0 bridgehead atoms. The van der Waals surface area contributed by atoms with E-state index < -0.39 is 0 Å². The molecule has 2 N–H and O–H groups in total. The van der Waals surface area contributed by atoms with Crippen molar-refractivity contribution in [1.82, 2.24) is 10.2 Å². The van der Waals surface area contributed by atoms with E-state index in [1.807, 2.05) is 0 Å². The number of amides is 1. The minimum Gasteiger partial charge on any atom is -0.507 e. The summed E-state index contributed by atoms with van der Waals surface area (Å²) in [6.45, 7) is 4.98. The van der Waals surface area contributed by atoms with E-state index in [9.17, 15) is 9.90 Å². The molecule has 4 nitrogen and oxygen atoms in total. The van der Waals surface area contributed by atoms with Crippen LogP contribution in [0.3, 0.4) is 0 Å². The molecule has 1 aliphatic heterocycles. The van der Waals surface area contributed by atoms with Crippen LogP contribution in [0.1, 0.15) is 30.1 Å². The number of benzene rings is 1. The minimum atomic E-state index is -0.209. The normalized spacial score (nSPS) is 17.6. The Kier molecular flexibility index (Phi) is 4.20. The van der Waals surface area contributed by atoms with Gasteiger partial charge in [-0.15, -0.1) is 0 Å². The summed E-state index contributed by atoms with van der Waals surface area (Å²) in [5.41, 5.74) is 0.339. The van der Waals surface area contributed by atoms with Crippen molar-refractivity contribution in [3.8, 4) is 5.75 Å². The highest BCUT2D eigenvalue weighted by molar-refractivity contribution is 5.96. The largest absolute Gasteiger partial charge is 0.507 e. The first-order chi connectivity index (χ1) is 8.68. The number of nitrogens with one attached hydrogen (secondary N) is 1. The Hall–Kier alpha value is -1.55. The summed E-state index contributed by atoms with van der Waals surface area (Å²) in [7, 11) is 0. The second kappa shape index (κ2) is 5.87. The second-order valence-electron chi connectivity index (χ2n) is 4.82. The maximum atomic E-state index is 11.9. The van der Waals surface area contributed by atoms with Crippen molar-refractivity contribution >= 4 is 5.91 Å². The van der Waals surface area contributed by atoms with Crippen LogP contribution in [0.2, 0.25) is 0 Å². The maximum absolute atomic E-state index is 11.9. The summed E-state index contributed by atoms with van der Waals surface area (Å²) < 4.78 is 0. The Bertz CT molecular complexity index is 414. The average molecular weight is 248 g/mol. The number of hydrogen-bond acceptors (Lipinski definition) is 3. The van der Waals surface area contributed by atoms with Gasteiger partial charge in [0.2, 0.25) is 0 Å². The highest BCUT2D eigenvalue weighted by Gasteiger charge is 2.19. The lowest BCUT2D eigenvalue weighted by molar-refractivity contribution is 0.0937. The molecule has 2 rings (SSSR count). The number of carbonyl (C=O) groups is 1. The molecule has 1 amide bonds. The van der Waals surface area contributed by atoms with Crippen molar-refractivity contribution in [1.29, 1.82) is 0 Å². The molecule has 0 saturated carbocycles. The third kappa shape index (κ3) is 3.01. The van der Waals surface area contributed by atoms with Crippen LogP contribution in [0.4, 0.5) is 0 Å². The Labute approximate surface area is 108 Å². The van der Waals surface area contributed by atoms with Gasteiger partial charge in [-0.3, -0.25) is 9.69 Å². The zero-order chi connectivity index (χ0) is 13.0. The summed E-state index contributed by atoms with van der Waals surface area (Å²) >= 11 is 0. The van der Waals surface area contributed by atoms with E-state index >= 15 is 0 Å². The number of likely N-dealkylation sites (tertiary alicyclic amines) is 1. The lowest BCUT2D eigenvalue weighted by Gasteiger charge is -2.23. The monoisotopic (exact) mass is 248 g/mol. The molecule has 0 radical (unpaired) electrons. The van der Waals surface area contributed by atoms with Crippen molar-refractivity contribution in [2.75, 3.05) is 19.6 Å². The number of nitrogens with zero attached hydrogens (tertiary/aromatic N) is 1. The number of aromatic hydroxyl groups is 1. The standard InChI is InChI=1S/C14H20N2O2/c1-11(16-8-4-5-9-16)10-15-14(18)12-6-2-3-7-13(12)17/h2-3,6-7,11,17H,4-5,8-10H2,1H3,(H,15,18). The highest BCUT2D eigenvalue weighted by Crippen LogP contribution is 2.15. The van der Waals surface area contributed by atoms with Crippen LogP contribution >= 0.6 is 0 Å². The number of rotatable bonds is 4. The summed E-state index contributed by atoms with van der Waals surface area (Å²) in [5, 5.41) is 12.5. The fourth-order valence-electron chi connectivity index (χ4n) is 2.31. The molecule has 1 atom stereocenters. The molecule has 1 aromatic rings. The van der Waals surface area contributed by atoms with Gasteiger partial charge in [0.1, 0.15) is 5.75 Å². The van der Waals surface area contributed by atoms with Gasteiger partial charge in [0, 0.05) is 12.6 Å². The van der Waals surface area contributed by atoms with Gasteiger partial charge in [0.05, 0.1) is 5.56 Å². The van der Waals surface area contributed by atoms with Crippen molar-refractivity contribution in [3.63, 3.8) is 0 Å². The quantitative estimate of drug-likeness (QED) is 0.851. The molecular weight excluding hydrogens is 228 g/mol. The van der Waals surface area contributed by atoms with Gasteiger partial charge in [-0.05, 0) is 45.0 Å². The molecule has 0 spiro atoms. The molecule has 1 saturated heterocycles. The molecule has 1 unspecified atom stereocenters. The molecule has 0 aromatic heterocycles. The van der Waals surface area contributed by atoms with Crippen LogP contribution in [0.25, 0.3) is 0 Å². The Balaban J connectivity index is 1.86. The van der Waals surface area contributed by atoms with Crippen LogP contribution in [0.5, 0.6) is 5.75 Å². The van der Waals surface area contributed by atoms with E-state index in [-0.39, 0.29) is 11.7 Å². The second-order valence-corrected chi connectivity index (χ2v) is 4.82. The van der Waals surface area contributed by atoms with Crippen molar-refractivity contribution in [2.24, 2.45) is 0 Å². The molecule has 18 heavy (non-hydrogen) atoms. The van der Waals surface area contributed by atoms with Crippen molar-refractivity contribution < 1.29 is 9.90 Å². The number of phenols is 1. The van der Waals surface area contributed by atoms with Gasteiger partial charge in [0.15, 0.2) is 0 Å². The summed E-state index contributed by atoms with van der Waals surface area (Å²) in [4.78, 5) is 14.3. The number of carbonyl (C=O) groups excluding carboxylic acids is 1. The molecule has 1 aliphatic rings. The molecule has 1 heterocycles. The Morgan fingerprint density at radius 1 is 1.39 bits per heavy atom. The van der Waals surface area contributed by atoms with Crippen molar-refractivity contribution in [2.45, 2.75) is 25.8 Å². The fraction of sp³-hybridized carbons (Fsp3) is 0.500. The molecule has 1 aromatic carbocycles. The molecule has 1 fully saturated rings. The number of phenolic OH excluding ortho intramolecular Hbond substituents is 1. The van der Waals surface area contributed by atoms with Gasteiger partial charge in [-0.25, -0.2) is 0 Å². The zero-order valence-corrected chi connectivity index (χ0v) is 10.7. The van der Waals surface area contributed by atoms with Crippen LogP contribution < -0.4 is 5.32 Å². The fourth-order valence-corrected chi connectivity index (χ4v) is 2.31. The maximum Gasteiger partial charge on any atom is 0.255 e. The van der Waals surface area contributed by atoms with Gasteiger partial charge >= 0.3 is 0 Å². The van der Waals surface area contributed by atoms with E-state index in [2.05, 4.69) is 17.1 Å². The first-order valence-electron chi connectivity index (χ1n) is 6.48. The van der Waals surface area contributed by atoms with Crippen LogP contribution in [0, 0.1) is 0 Å². The van der Waals surface area contributed by atoms with Crippen LogP contribution in [-0.4, -0.2) is 41.6 Å². The van der Waals surface area contributed by atoms with E-state index in [0.29, 0.717) is 18.2 Å². The third-order valence-electron chi connectivity index (χ3n) is 3.47. The topological polar surface area (TPSA) is 52.6 Å². The van der Waals surface area contributed by atoms with Gasteiger partial charge < -0.3 is 10.4 Å². The highest BCUT2D eigenvalue weighted by atomic mass is 16.3. The number of hydrogen-bond donors (Lipinski definition) is 2. The summed E-state index contributed by atoms with van der Waals surface area (Å²) in [6.07, 6.45) is 2.50. The molecule has 98 valence electrons. The van der Waals surface area contributed by atoms with Crippen LogP contribution in [0.15, 0.2) is 24.3 Å². The van der Waals surface area contributed by atoms with E-state index in [4.69, 9.17) is 0 Å². The third-order valence-corrected chi connectivity index (χ3v) is 3.47. The van der Waals surface area contributed by atoms with Crippen LogP contribution in [-0.2, 0) is 0 Å². The van der Waals surface area contributed by atoms with E-state index in [1.165, 1.54) is 18.9 Å². The molecule has 4 heteroatoms. The van der Waals surface area contributed by atoms with Crippen molar-refractivity contribution in [3.05, 3.63) is 29.8 Å². The zero-order valence-electron chi connectivity index (χ0n) is 10.7. The summed E-state index contributed by atoms with van der Waals surface area (Å²) in [6, 6.07) is 6.96. The number of para-hydroxylation sites is 1. The minimum absolute atomic E-state index is 0.0313. The summed E-state index contributed by atoms with van der Waals surface area (Å²) in [5.74, 6) is -0.178. The van der Waals surface area contributed by atoms with Gasteiger partial charge in [0.25, 0.3) is 5.91 Å². The lowest BCUT2D eigenvalue weighted by atomic mass is 10.2. The smallest absolute Gasteiger partial charge is 0.255 e.